The maximum atomic E-state index is 5.99. The average Bonchev–Trinajstić information content (AvgIpc) is 2.55. The number of ether oxygens (including phenoxy) is 2. The van der Waals surface area contributed by atoms with E-state index in [0.717, 1.165) is 18.5 Å². The predicted molar refractivity (Wildman–Crippen MR) is 99.8 cm³/mol. The Balaban J connectivity index is 2.60. The predicted octanol–water partition coefficient (Wildman–Crippen LogP) is 2.08. The van der Waals surface area contributed by atoms with Gasteiger partial charge in [-0.15, -0.1) is 0 Å². The van der Waals surface area contributed by atoms with Crippen molar-refractivity contribution in [1.82, 2.24) is 10.2 Å². The fraction of sp³-hybridized carbons (Fsp3) is 0.611. The van der Waals surface area contributed by atoms with Crippen LogP contribution in [0.25, 0.3) is 0 Å². The number of guanidine groups is 1. The van der Waals surface area contributed by atoms with Crippen molar-refractivity contribution < 1.29 is 9.47 Å². The first-order chi connectivity index (χ1) is 11.4. The van der Waals surface area contributed by atoms with Gasteiger partial charge in [-0.2, -0.15) is 0 Å². The van der Waals surface area contributed by atoms with Crippen LogP contribution in [0.3, 0.4) is 0 Å². The largest absolute Gasteiger partial charge is 0.493 e. The van der Waals surface area contributed by atoms with Crippen LogP contribution in [0.1, 0.15) is 25.8 Å². The number of rotatable bonds is 9. The number of benzene rings is 1. The van der Waals surface area contributed by atoms with Gasteiger partial charge in [-0.25, -0.2) is 4.99 Å². The van der Waals surface area contributed by atoms with Crippen LogP contribution in [-0.2, 0) is 6.54 Å². The number of nitrogens with zero attached hydrogens (tertiary/aromatic N) is 2. The van der Waals surface area contributed by atoms with E-state index in [9.17, 15) is 0 Å². The molecule has 0 heterocycles. The number of hydrogen-bond acceptors (Lipinski definition) is 4. The number of aliphatic imine (C=N–C) groups is 1. The lowest BCUT2D eigenvalue weighted by molar-refractivity contribution is 0.254. The van der Waals surface area contributed by atoms with Crippen molar-refractivity contribution in [3.05, 3.63) is 23.8 Å². The van der Waals surface area contributed by atoms with Gasteiger partial charge in [0.15, 0.2) is 17.5 Å². The fourth-order valence-electron chi connectivity index (χ4n) is 2.45. The molecule has 6 nitrogen and oxygen atoms in total. The van der Waals surface area contributed by atoms with Crippen molar-refractivity contribution in [3.8, 4) is 11.5 Å². The van der Waals surface area contributed by atoms with Crippen molar-refractivity contribution in [2.75, 3.05) is 34.9 Å². The maximum absolute atomic E-state index is 5.99. The molecule has 0 aliphatic carbocycles. The molecule has 0 spiro atoms. The quantitative estimate of drug-likeness (QED) is 0.534. The summed E-state index contributed by atoms with van der Waals surface area (Å²) in [4.78, 5) is 6.62. The molecule has 0 bridgehead atoms. The lowest BCUT2D eigenvalue weighted by Crippen LogP contribution is -2.43. The normalized spacial score (nSPS) is 13.2. The zero-order valence-electron chi connectivity index (χ0n) is 15.8. The van der Waals surface area contributed by atoms with Crippen LogP contribution in [-0.4, -0.2) is 51.8 Å². The molecule has 1 rings (SSSR count). The molecule has 1 aromatic carbocycles. The summed E-state index contributed by atoms with van der Waals surface area (Å²) in [6.45, 7) is 5.73. The Labute approximate surface area is 146 Å². The smallest absolute Gasteiger partial charge is 0.188 e. The second-order valence-corrected chi connectivity index (χ2v) is 6.52. The number of likely N-dealkylation sites (N-methyl/N-ethyl adjacent to an activating group) is 1. The summed E-state index contributed by atoms with van der Waals surface area (Å²) in [7, 11) is 7.42. The molecule has 0 saturated heterocycles. The molecule has 24 heavy (non-hydrogen) atoms. The van der Waals surface area contributed by atoms with Crippen LogP contribution in [0.4, 0.5) is 0 Å². The summed E-state index contributed by atoms with van der Waals surface area (Å²) in [6, 6.07) is 6.17. The van der Waals surface area contributed by atoms with Crippen LogP contribution in [0.5, 0.6) is 11.5 Å². The summed E-state index contributed by atoms with van der Waals surface area (Å²) < 4.78 is 10.5. The maximum Gasteiger partial charge on any atom is 0.188 e. The Morgan fingerprint density at radius 1 is 1.21 bits per heavy atom. The summed E-state index contributed by atoms with van der Waals surface area (Å²) in [5.41, 5.74) is 7.01. The van der Waals surface area contributed by atoms with E-state index >= 15 is 0 Å². The molecule has 6 heteroatoms. The first-order valence-electron chi connectivity index (χ1n) is 8.28. The summed E-state index contributed by atoms with van der Waals surface area (Å²) >= 11 is 0. The summed E-state index contributed by atoms with van der Waals surface area (Å²) in [5.74, 6) is 2.50. The van der Waals surface area contributed by atoms with Crippen molar-refractivity contribution >= 4 is 5.96 Å². The lowest BCUT2D eigenvalue weighted by atomic mass is 10.0. The summed E-state index contributed by atoms with van der Waals surface area (Å²) in [6.07, 6.45) is 1.11. The van der Waals surface area contributed by atoms with Gasteiger partial charge in [0.25, 0.3) is 0 Å². The first-order valence-corrected chi connectivity index (χ1v) is 8.28. The van der Waals surface area contributed by atoms with E-state index in [-0.39, 0.29) is 0 Å². The van der Waals surface area contributed by atoms with Crippen molar-refractivity contribution in [2.45, 2.75) is 32.9 Å². The lowest BCUT2D eigenvalue weighted by Gasteiger charge is -2.26. The first kappa shape index (κ1) is 20.1. The number of nitrogens with one attached hydrogen (secondary N) is 1. The molecule has 0 saturated carbocycles. The van der Waals surface area contributed by atoms with E-state index < -0.39 is 0 Å². The third-order valence-electron chi connectivity index (χ3n) is 3.87. The standard InChI is InChI=1S/C18H32N4O2/c1-13(2)9-15(22(3)4)12-21-18(19)20-11-14-7-8-16(23-5)17(10-14)24-6/h7-8,10,13,15H,9,11-12H2,1-6H3,(H3,19,20,21). The van der Waals surface area contributed by atoms with Gasteiger partial charge in [0, 0.05) is 12.6 Å². The highest BCUT2D eigenvalue weighted by Crippen LogP contribution is 2.27. The minimum Gasteiger partial charge on any atom is -0.493 e. The number of hydrogen-bond donors (Lipinski definition) is 2. The van der Waals surface area contributed by atoms with Crippen LogP contribution in [0.2, 0.25) is 0 Å². The molecular weight excluding hydrogens is 304 g/mol. The number of nitrogens with two attached hydrogens (primary N) is 1. The summed E-state index contributed by atoms with van der Waals surface area (Å²) in [5, 5.41) is 3.22. The minimum absolute atomic E-state index is 0.430. The zero-order valence-corrected chi connectivity index (χ0v) is 15.8. The van der Waals surface area contributed by atoms with Gasteiger partial charge in [0.05, 0.1) is 20.8 Å². The highest BCUT2D eigenvalue weighted by molar-refractivity contribution is 5.77. The van der Waals surface area contributed by atoms with E-state index in [1.54, 1.807) is 14.2 Å². The second kappa shape index (κ2) is 10.0. The second-order valence-electron chi connectivity index (χ2n) is 6.52. The van der Waals surface area contributed by atoms with Crippen molar-refractivity contribution in [3.63, 3.8) is 0 Å². The molecule has 0 amide bonds. The SMILES string of the molecule is COc1ccc(CN=C(N)NCC(CC(C)C)N(C)C)cc1OC. The van der Waals surface area contributed by atoms with Crippen molar-refractivity contribution in [1.29, 1.82) is 0 Å². The van der Waals surface area contributed by atoms with Gasteiger partial charge in [0.2, 0.25) is 0 Å². The highest BCUT2D eigenvalue weighted by atomic mass is 16.5. The molecule has 3 N–H and O–H groups in total. The van der Waals surface area contributed by atoms with E-state index in [1.165, 1.54) is 0 Å². The van der Waals surface area contributed by atoms with Crippen molar-refractivity contribution in [2.24, 2.45) is 16.6 Å². The van der Waals surface area contributed by atoms with E-state index in [4.69, 9.17) is 15.2 Å². The fourth-order valence-corrected chi connectivity index (χ4v) is 2.45. The average molecular weight is 336 g/mol. The van der Waals surface area contributed by atoms with E-state index in [1.807, 2.05) is 18.2 Å². The van der Waals surface area contributed by atoms with Crippen LogP contribution >= 0.6 is 0 Å². The molecule has 0 fully saturated rings. The molecule has 0 radical (unpaired) electrons. The van der Waals surface area contributed by atoms with Gasteiger partial charge < -0.3 is 25.4 Å². The van der Waals surface area contributed by atoms with Crippen LogP contribution in [0, 0.1) is 5.92 Å². The molecule has 0 aliphatic heterocycles. The van der Waals surface area contributed by atoms with E-state index in [0.29, 0.717) is 36.0 Å². The zero-order chi connectivity index (χ0) is 18.1. The van der Waals surface area contributed by atoms with Gasteiger partial charge in [-0.3, -0.25) is 0 Å². The van der Waals surface area contributed by atoms with Gasteiger partial charge >= 0.3 is 0 Å². The highest BCUT2D eigenvalue weighted by Gasteiger charge is 2.13. The number of methoxy groups -OCH3 is 2. The topological polar surface area (TPSA) is 72.1 Å². The van der Waals surface area contributed by atoms with Gasteiger partial charge in [-0.05, 0) is 44.1 Å². The molecule has 0 aromatic heterocycles. The Kier molecular flexibility index (Phi) is 8.40. The van der Waals surface area contributed by atoms with E-state index in [2.05, 4.69) is 43.2 Å². The monoisotopic (exact) mass is 336 g/mol. The van der Waals surface area contributed by atoms with Gasteiger partial charge in [-0.1, -0.05) is 19.9 Å². The Morgan fingerprint density at radius 3 is 2.42 bits per heavy atom. The molecule has 0 aliphatic rings. The molecule has 136 valence electrons. The Hall–Kier alpha value is -1.95. The Bertz CT molecular complexity index is 530. The third kappa shape index (κ3) is 6.66. The third-order valence-corrected chi connectivity index (χ3v) is 3.87. The van der Waals surface area contributed by atoms with Crippen LogP contribution in [0.15, 0.2) is 23.2 Å². The molecule has 1 atom stereocenters. The minimum atomic E-state index is 0.430. The molecular formula is C18H32N4O2. The Morgan fingerprint density at radius 2 is 1.88 bits per heavy atom. The molecule has 1 aromatic rings. The molecule has 1 unspecified atom stereocenters. The van der Waals surface area contributed by atoms with Crippen LogP contribution < -0.4 is 20.5 Å². The van der Waals surface area contributed by atoms with Gasteiger partial charge in [0.1, 0.15) is 0 Å².